The fourth-order valence-electron chi connectivity index (χ4n) is 3.13. The number of benzene rings is 2. The zero-order valence-electron chi connectivity index (χ0n) is 16.1. The normalized spacial score (nSPS) is 10.8. The fourth-order valence-corrected chi connectivity index (χ4v) is 3.13. The van der Waals surface area contributed by atoms with Gasteiger partial charge in [0.05, 0.1) is 12.1 Å². The lowest BCUT2D eigenvalue weighted by atomic mass is 10.1. The summed E-state index contributed by atoms with van der Waals surface area (Å²) in [6.07, 6.45) is 1.71. The van der Waals surface area contributed by atoms with Gasteiger partial charge in [0.1, 0.15) is 17.1 Å². The molecule has 0 spiro atoms. The quantitative estimate of drug-likeness (QED) is 0.645. The Balaban J connectivity index is 2.01. The smallest absolute Gasteiger partial charge is 0.267 e. The largest absolute Gasteiger partial charge is 0.506 e. The average molecular weight is 380 g/mol. The third-order valence-corrected chi connectivity index (χ3v) is 4.53. The number of hydrogen-bond donors (Lipinski definition) is 2. The number of anilines is 1. The lowest BCUT2D eigenvalue weighted by molar-refractivity contribution is 0.102. The Morgan fingerprint density at radius 2 is 1.82 bits per heavy atom. The third-order valence-electron chi connectivity index (χ3n) is 4.53. The van der Waals surface area contributed by atoms with E-state index >= 15 is 0 Å². The monoisotopic (exact) mass is 380 g/mol. The van der Waals surface area contributed by atoms with E-state index in [9.17, 15) is 14.7 Å². The van der Waals surface area contributed by atoms with Crippen LogP contribution < -0.4 is 15.6 Å². The molecule has 0 atom stereocenters. The molecule has 1 heterocycles. The molecule has 146 valence electrons. The summed E-state index contributed by atoms with van der Waals surface area (Å²) in [6.45, 7) is 4.96. The van der Waals surface area contributed by atoms with Crippen molar-refractivity contribution in [1.29, 1.82) is 0 Å². The summed E-state index contributed by atoms with van der Waals surface area (Å²) in [7, 11) is 0. The minimum absolute atomic E-state index is 0.247. The van der Waals surface area contributed by atoms with Crippen LogP contribution in [0, 0.1) is 0 Å². The second kappa shape index (κ2) is 8.61. The van der Waals surface area contributed by atoms with E-state index in [0.29, 0.717) is 35.5 Å². The van der Waals surface area contributed by atoms with Gasteiger partial charge in [-0.25, -0.2) is 0 Å². The SMILES string of the molecule is CCCCn1c(=O)c(C(=O)Nc2ccc(OCC)cc2)c(O)c2ccccc21. The molecule has 0 aliphatic heterocycles. The zero-order valence-corrected chi connectivity index (χ0v) is 16.1. The molecular formula is C22H24N2O4. The number of rotatable bonds is 7. The van der Waals surface area contributed by atoms with Crippen molar-refractivity contribution in [1.82, 2.24) is 4.57 Å². The zero-order chi connectivity index (χ0) is 20.1. The Hall–Kier alpha value is -3.28. The molecule has 0 unspecified atom stereocenters. The number of ether oxygens (including phenoxy) is 1. The van der Waals surface area contributed by atoms with Crippen molar-refractivity contribution in [3.8, 4) is 11.5 Å². The van der Waals surface area contributed by atoms with Gasteiger partial charge in [-0.2, -0.15) is 0 Å². The highest BCUT2D eigenvalue weighted by Gasteiger charge is 2.22. The summed E-state index contributed by atoms with van der Waals surface area (Å²) in [4.78, 5) is 25.8. The number of pyridine rings is 1. The van der Waals surface area contributed by atoms with E-state index in [4.69, 9.17) is 4.74 Å². The first kappa shape index (κ1) is 19.5. The van der Waals surface area contributed by atoms with Gasteiger partial charge < -0.3 is 19.7 Å². The predicted molar refractivity (Wildman–Crippen MR) is 110 cm³/mol. The van der Waals surface area contributed by atoms with E-state index in [1.165, 1.54) is 0 Å². The topological polar surface area (TPSA) is 80.6 Å². The molecule has 1 amide bonds. The second-order valence-corrected chi connectivity index (χ2v) is 6.46. The Bertz CT molecular complexity index is 1040. The fraction of sp³-hybridized carbons (Fsp3) is 0.273. The first-order valence-electron chi connectivity index (χ1n) is 9.45. The van der Waals surface area contributed by atoms with Crippen LogP contribution in [0.15, 0.2) is 53.3 Å². The molecule has 2 aromatic carbocycles. The van der Waals surface area contributed by atoms with Gasteiger partial charge in [0.15, 0.2) is 0 Å². The van der Waals surface area contributed by atoms with Crippen molar-refractivity contribution in [3.63, 3.8) is 0 Å². The number of nitrogens with one attached hydrogen (secondary N) is 1. The van der Waals surface area contributed by atoms with Crippen LogP contribution in [0.25, 0.3) is 10.9 Å². The average Bonchev–Trinajstić information content (AvgIpc) is 2.70. The summed E-state index contributed by atoms with van der Waals surface area (Å²) >= 11 is 0. The molecule has 0 saturated carbocycles. The molecule has 0 bridgehead atoms. The summed E-state index contributed by atoms with van der Waals surface area (Å²) in [5.74, 6) is -0.240. The lowest BCUT2D eigenvalue weighted by Gasteiger charge is -2.15. The second-order valence-electron chi connectivity index (χ2n) is 6.46. The van der Waals surface area contributed by atoms with Gasteiger partial charge >= 0.3 is 0 Å². The van der Waals surface area contributed by atoms with Gasteiger partial charge in [-0.15, -0.1) is 0 Å². The molecular weight excluding hydrogens is 356 g/mol. The number of aryl methyl sites for hydroxylation is 1. The summed E-state index contributed by atoms with van der Waals surface area (Å²) in [5, 5.41) is 13.8. The molecule has 0 fully saturated rings. The molecule has 6 nitrogen and oxygen atoms in total. The Morgan fingerprint density at radius 3 is 2.50 bits per heavy atom. The van der Waals surface area contributed by atoms with Gasteiger partial charge in [0.25, 0.3) is 11.5 Å². The van der Waals surface area contributed by atoms with Crippen molar-refractivity contribution in [2.24, 2.45) is 0 Å². The number of aromatic nitrogens is 1. The number of carbonyl (C=O) groups is 1. The standard InChI is InChI=1S/C22H24N2O4/c1-3-5-14-24-18-9-7-6-8-17(18)20(25)19(22(24)27)21(26)23-15-10-12-16(13-11-15)28-4-2/h6-13,25H,3-5,14H2,1-2H3,(H,23,26). The molecule has 0 saturated heterocycles. The lowest BCUT2D eigenvalue weighted by Crippen LogP contribution is -2.30. The van der Waals surface area contributed by atoms with Crippen LogP contribution in [0.2, 0.25) is 0 Å². The van der Waals surface area contributed by atoms with Crippen LogP contribution in [0.1, 0.15) is 37.0 Å². The van der Waals surface area contributed by atoms with Crippen molar-refractivity contribution < 1.29 is 14.6 Å². The maximum Gasteiger partial charge on any atom is 0.267 e. The Morgan fingerprint density at radius 1 is 1.11 bits per heavy atom. The number of nitrogens with zero attached hydrogens (tertiary/aromatic N) is 1. The highest BCUT2D eigenvalue weighted by atomic mass is 16.5. The van der Waals surface area contributed by atoms with E-state index in [1.54, 1.807) is 47.0 Å². The third kappa shape index (κ3) is 3.86. The first-order chi connectivity index (χ1) is 13.6. The predicted octanol–water partition coefficient (Wildman–Crippen LogP) is 4.16. The number of carbonyl (C=O) groups excluding carboxylic acids is 1. The van der Waals surface area contributed by atoms with Crippen molar-refractivity contribution in [3.05, 3.63) is 64.4 Å². The summed E-state index contributed by atoms with van der Waals surface area (Å²) in [5.41, 5.74) is 0.397. The molecule has 0 aliphatic rings. The number of fused-ring (bicyclic) bond motifs is 1. The maximum absolute atomic E-state index is 13.0. The minimum atomic E-state index is -0.636. The molecule has 2 N–H and O–H groups in total. The summed E-state index contributed by atoms with van der Waals surface area (Å²) in [6, 6.07) is 13.9. The number of unbranched alkanes of at least 4 members (excludes halogenated alkanes) is 1. The molecule has 0 aliphatic carbocycles. The molecule has 6 heteroatoms. The van der Waals surface area contributed by atoms with E-state index < -0.39 is 11.5 Å². The number of hydrogen-bond acceptors (Lipinski definition) is 4. The Labute approximate surface area is 163 Å². The van der Waals surface area contributed by atoms with Crippen LogP contribution in [0.3, 0.4) is 0 Å². The van der Waals surface area contributed by atoms with Gasteiger partial charge in [-0.1, -0.05) is 25.5 Å². The van der Waals surface area contributed by atoms with Crippen molar-refractivity contribution in [2.75, 3.05) is 11.9 Å². The van der Waals surface area contributed by atoms with Crippen LogP contribution in [-0.4, -0.2) is 22.2 Å². The van der Waals surface area contributed by atoms with E-state index in [2.05, 4.69) is 5.32 Å². The van der Waals surface area contributed by atoms with Gasteiger partial charge in [0, 0.05) is 17.6 Å². The minimum Gasteiger partial charge on any atom is -0.506 e. The van der Waals surface area contributed by atoms with Gasteiger partial charge in [0.2, 0.25) is 0 Å². The highest BCUT2D eigenvalue weighted by molar-refractivity contribution is 6.09. The Kier molecular flexibility index (Phi) is 5.99. The maximum atomic E-state index is 13.0. The van der Waals surface area contributed by atoms with Crippen LogP contribution in [0.5, 0.6) is 11.5 Å². The van der Waals surface area contributed by atoms with Gasteiger partial charge in [-0.05, 0) is 49.7 Å². The molecule has 3 aromatic rings. The molecule has 1 aromatic heterocycles. The van der Waals surface area contributed by atoms with E-state index in [1.807, 2.05) is 19.9 Å². The summed E-state index contributed by atoms with van der Waals surface area (Å²) < 4.78 is 6.95. The molecule has 28 heavy (non-hydrogen) atoms. The van der Waals surface area contributed by atoms with Crippen LogP contribution in [0.4, 0.5) is 5.69 Å². The first-order valence-corrected chi connectivity index (χ1v) is 9.45. The van der Waals surface area contributed by atoms with E-state index in [-0.39, 0.29) is 11.3 Å². The number of amides is 1. The van der Waals surface area contributed by atoms with Crippen molar-refractivity contribution in [2.45, 2.75) is 33.2 Å². The molecule has 0 radical (unpaired) electrons. The number of aromatic hydroxyl groups is 1. The number of para-hydroxylation sites is 1. The van der Waals surface area contributed by atoms with Gasteiger partial charge in [-0.3, -0.25) is 9.59 Å². The van der Waals surface area contributed by atoms with Crippen LogP contribution in [-0.2, 0) is 6.54 Å². The highest BCUT2D eigenvalue weighted by Crippen LogP contribution is 2.27. The molecule has 3 rings (SSSR count). The van der Waals surface area contributed by atoms with Crippen molar-refractivity contribution >= 4 is 22.5 Å². The van der Waals surface area contributed by atoms with E-state index in [0.717, 1.165) is 12.8 Å². The van der Waals surface area contributed by atoms with Crippen LogP contribution >= 0.6 is 0 Å².